The second kappa shape index (κ2) is 8.70. The van der Waals surface area contributed by atoms with Gasteiger partial charge in [-0.15, -0.1) is 0 Å². The number of aryl methyl sites for hydroxylation is 1. The molecule has 0 fully saturated rings. The van der Waals surface area contributed by atoms with Crippen molar-refractivity contribution in [3.05, 3.63) is 64.2 Å². The Morgan fingerprint density at radius 2 is 1.88 bits per heavy atom. The van der Waals surface area contributed by atoms with Gasteiger partial charge in [0.25, 0.3) is 0 Å². The Bertz CT molecular complexity index is 737. The summed E-state index contributed by atoms with van der Waals surface area (Å²) in [5.74, 6) is 0.998. The minimum atomic E-state index is 0.281. The standard InChI is InChI=1S/C23H32N2O/c1-5-25(6-2)14-15-26-20-10-11-22-19(16-20)12-13-24-23(22)21-9-7-8-17(3)18(21)4/h7-11,16,23-24H,5-6,12-15H2,1-4H3. The molecule has 1 aliphatic rings. The van der Waals surface area contributed by atoms with E-state index in [1.807, 2.05) is 0 Å². The van der Waals surface area contributed by atoms with Crippen LogP contribution in [0.3, 0.4) is 0 Å². The number of rotatable bonds is 7. The largest absolute Gasteiger partial charge is 0.492 e. The summed E-state index contributed by atoms with van der Waals surface area (Å²) in [5.41, 5.74) is 6.93. The fourth-order valence-electron chi connectivity index (χ4n) is 3.83. The van der Waals surface area contributed by atoms with Gasteiger partial charge in [-0.25, -0.2) is 0 Å². The van der Waals surface area contributed by atoms with Gasteiger partial charge < -0.3 is 15.0 Å². The molecular weight excluding hydrogens is 320 g/mol. The maximum absolute atomic E-state index is 6.03. The summed E-state index contributed by atoms with van der Waals surface area (Å²) in [6, 6.07) is 13.5. The van der Waals surface area contributed by atoms with E-state index in [9.17, 15) is 0 Å². The molecule has 0 spiro atoms. The zero-order valence-electron chi connectivity index (χ0n) is 16.6. The van der Waals surface area contributed by atoms with Gasteiger partial charge in [0.2, 0.25) is 0 Å². The number of fused-ring (bicyclic) bond motifs is 1. The first kappa shape index (κ1) is 18.9. The Labute approximate surface area is 158 Å². The smallest absolute Gasteiger partial charge is 0.119 e. The zero-order chi connectivity index (χ0) is 18.5. The minimum Gasteiger partial charge on any atom is -0.492 e. The van der Waals surface area contributed by atoms with Gasteiger partial charge in [0.15, 0.2) is 0 Å². The van der Waals surface area contributed by atoms with Crippen LogP contribution < -0.4 is 10.1 Å². The van der Waals surface area contributed by atoms with Crippen LogP contribution in [-0.2, 0) is 6.42 Å². The number of benzene rings is 2. The van der Waals surface area contributed by atoms with E-state index in [-0.39, 0.29) is 6.04 Å². The molecule has 0 bridgehead atoms. The van der Waals surface area contributed by atoms with Gasteiger partial charge in [0.05, 0.1) is 6.04 Å². The highest BCUT2D eigenvalue weighted by Crippen LogP contribution is 2.33. The first-order chi connectivity index (χ1) is 12.6. The van der Waals surface area contributed by atoms with Crippen LogP contribution >= 0.6 is 0 Å². The van der Waals surface area contributed by atoms with Crippen molar-refractivity contribution in [3.63, 3.8) is 0 Å². The molecule has 3 nitrogen and oxygen atoms in total. The van der Waals surface area contributed by atoms with E-state index in [2.05, 4.69) is 74.3 Å². The second-order valence-corrected chi connectivity index (χ2v) is 7.16. The van der Waals surface area contributed by atoms with Crippen molar-refractivity contribution in [1.29, 1.82) is 0 Å². The van der Waals surface area contributed by atoms with Crippen LogP contribution in [0.2, 0.25) is 0 Å². The lowest BCUT2D eigenvalue weighted by Gasteiger charge is -2.29. The summed E-state index contributed by atoms with van der Waals surface area (Å²) < 4.78 is 6.03. The van der Waals surface area contributed by atoms with Crippen molar-refractivity contribution in [2.45, 2.75) is 40.2 Å². The van der Waals surface area contributed by atoms with Crippen LogP contribution in [0.1, 0.15) is 47.7 Å². The summed E-state index contributed by atoms with van der Waals surface area (Å²) in [4.78, 5) is 2.39. The third-order valence-electron chi connectivity index (χ3n) is 5.70. The summed E-state index contributed by atoms with van der Waals surface area (Å²) in [6.45, 7) is 13.7. The lowest BCUT2D eigenvalue weighted by atomic mass is 9.87. The van der Waals surface area contributed by atoms with Crippen molar-refractivity contribution in [3.8, 4) is 5.75 Å². The fraction of sp³-hybridized carbons (Fsp3) is 0.478. The molecule has 0 saturated carbocycles. The van der Waals surface area contributed by atoms with Crippen LogP contribution in [0, 0.1) is 13.8 Å². The molecule has 140 valence electrons. The average Bonchev–Trinajstić information content (AvgIpc) is 2.67. The van der Waals surface area contributed by atoms with Crippen molar-refractivity contribution in [2.24, 2.45) is 0 Å². The van der Waals surface area contributed by atoms with Crippen LogP contribution in [0.4, 0.5) is 0 Å². The molecule has 1 aliphatic heterocycles. The lowest BCUT2D eigenvalue weighted by Crippen LogP contribution is -2.31. The zero-order valence-corrected chi connectivity index (χ0v) is 16.6. The summed E-state index contributed by atoms with van der Waals surface area (Å²) >= 11 is 0. The van der Waals surface area contributed by atoms with E-state index in [1.54, 1.807) is 0 Å². The molecule has 0 radical (unpaired) electrons. The normalized spacial score (nSPS) is 16.6. The highest BCUT2D eigenvalue weighted by molar-refractivity contribution is 5.46. The Morgan fingerprint density at radius 1 is 1.08 bits per heavy atom. The molecule has 0 aliphatic carbocycles. The molecule has 1 unspecified atom stereocenters. The van der Waals surface area contributed by atoms with Crippen LogP contribution in [0.5, 0.6) is 5.75 Å². The van der Waals surface area contributed by atoms with E-state index >= 15 is 0 Å². The third kappa shape index (κ3) is 4.11. The molecule has 3 heteroatoms. The number of hydrogen-bond donors (Lipinski definition) is 1. The van der Waals surface area contributed by atoms with Crippen LogP contribution in [0.15, 0.2) is 36.4 Å². The monoisotopic (exact) mass is 352 g/mol. The van der Waals surface area contributed by atoms with Crippen molar-refractivity contribution < 1.29 is 4.74 Å². The summed E-state index contributed by atoms with van der Waals surface area (Å²) in [6.07, 6.45) is 1.06. The number of nitrogens with one attached hydrogen (secondary N) is 1. The van der Waals surface area contributed by atoms with Crippen molar-refractivity contribution in [2.75, 3.05) is 32.8 Å². The van der Waals surface area contributed by atoms with Gasteiger partial charge >= 0.3 is 0 Å². The highest BCUT2D eigenvalue weighted by Gasteiger charge is 2.23. The molecule has 0 saturated heterocycles. The highest BCUT2D eigenvalue weighted by atomic mass is 16.5. The Hall–Kier alpha value is -1.84. The molecule has 2 aromatic carbocycles. The Balaban J connectivity index is 1.76. The molecule has 0 amide bonds. The number of hydrogen-bond acceptors (Lipinski definition) is 3. The molecule has 0 aromatic heterocycles. The average molecular weight is 353 g/mol. The Morgan fingerprint density at radius 3 is 2.65 bits per heavy atom. The van der Waals surface area contributed by atoms with Crippen molar-refractivity contribution in [1.82, 2.24) is 10.2 Å². The predicted octanol–water partition coefficient (Wildman–Crippen LogP) is 4.26. The van der Waals surface area contributed by atoms with Gasteiger partial charge in [-0.3, -0.25) is 0 Å². The first-order valence-electron chi connectivity index (χ1n) is 9.91. The molecule has 26 heavy (non-hydrogen) atoms. The molecule has 1 N–H and O–H groups in total. The van der Waals surface area contributed by atoms with E-state index in [0.29, 0.717) is 0 Å². The summed E-state index contributed by atoms with van der Waals surface area (Å²) in [5, 5.41) is 3.70. The van der Waals surface area contributed by atoms with E-state index in [1.165, 1.54) is 27.8 Å². The van der Waals surface area contributed by atoms with E-state index < -0.39 is 0 Å². The van der Waals surface area contributed by atoms with Crippen LogP contribution in [0.25, 0.3) is 0 Å². The Kier molecular flexibility index (Phi) is 6.33. The van der Waals surface area contributed by atoms with Gasteiger partial charge in [-0.05, 0) is 73.3 Å². The molecule has 1 atom stereocenters. The van der Waals surface area contributed by atoms with Gasteiger partial charge in [-0.2, -0.15) is 0 Å². The van der Waals surface area contributed by atoms with E-state index in [4.69, 9.17) is 4.74 Å². The number of nitrogens with zero attached hydrogens (tertiary/aromatic N) is 1. The third-order valence-corrected chi connectivity index (χ3v) is 5.70. The topological polar surface area (TPSA) is 24.5 Å². The molecule has 1 heterocycles. The quantitative estimate of drug-likeness (QED) is 0.806. The molecule has 3 rings (SSSR count). The van der Waals surface area contributed by atoms with Gasteiger partial charge in [0.1, 0.15) is 12.4 Å². The van der Waals surface area contributed by atoms with Crippen LogP contribution in [-0.4, -0.2) is 37.7 Å². The second-order valence-electron chi connectivity index (χ2n) is 7.16. The minimum absolute atomic E-state index is 0.281. The maximum Gasteiger partial charge on any atom is 0.119 e. The van der Waals surface area contributed by atoms with Crippen molar-refractivity contribution >= 4 is 0 Å². The van der Waals surface area contributed by atoms with Gasteiger partial charge in [-0.1, -0.05) is 38.1 Å². The summed E-state index contributed by atoms with van der Waals surface area (Å²) in [7, 11) is 0. The lowest BCUT2D eigenvalue weighted by molar-refractivity contribution is 0.222. The molecule has 2 aromatic rings. The maximum atomic E-state index is 6.03. The fourth-order valence-corrected chi connectivity index (χ4v) is 3.83. The SMILES string of the molecule is CCN(CC)CCOc1ccc2c(c1)CCNC2c1cccc(C)c1C. The molecular formula is C23H32N2O. The van der Waals surface area contributed by atoms with E-state index in [0.717, 1.165) is 45.0 Å². The predicted molar refractivity (Wildman–Crippen MR) is 109 cm³/mol. The van der Waals surface area contributed by atoms with Gasteiger partial charge in [0, 0.05) is 13.1 Å². The number of ether oxygens (including phenoxy) is 1. The number of likely N-dealkylation sites (N-methyl/N-ethyl adjacent to an activating group) is 1. The first-order valence-corrected chi connectivity index (χ1v) is 9.91.